The maximum absolute atomic E-state index is 10.9. The van der Waals surface area contributed by atoms with Gasteiger partial charge in [0.05, 0.1) is 6.10 Å². The topological polar surface area (TPSA) is 46.5 Å². The lowest BCUT2D eigenvalue weighted by atomic mass is 9.87. The lowest BCUT2D eigenvalue weighted by Gasteiger charge is -2.28. The van der Waals surface area contributed by atoms with Gasteiger partial charge in [0.1, 0.15) is 6.10 Å². The summed E-state index contributed by atoms with van der Waals surface area (Å²) in [6.07, 6.45) is 0.724. The molecule has 0 spiro atoms. The quantitative estimate of drug-likeness (QED) is 0.716. The molecule has 0 unspecified atom stereocenters. The molecule has 0 saturated heterocycles. The molecule has 0 heterocycles. The maximum atomic E-state index is 10.9. The van der Waals surface area contributed by atoms with E-state index >= 15 is 0 Å². The van der Waals surface area contributed by atoms with Crippen molar-refractivity contribution in [2.24, 2.45) is 0 Å². The molecule has 2 atom stereocenters. The molecule has 1 aliphatic rings. The standard InChI is InChI=1S/C12H14O3/c1-8(13)15-12-7-6-11(14)9-4-2-3-5-10(9)12/h2-5,11-12,14H,6-7H2,1H3/t11-,12+/m0/s1. The van der Waals surface area contributed by atoms with Gasteiger partial charge in [-0.1, -0.05) is 24.3 Å². The minimum Gasteiger partial charge on any atom is -0.458 e. The van der Waals surface area contributed by atoms with Crippen molar-refractivity contribution < 1.29 is 14.6 Å². The molecular formula is C12H14O3. The number of ether oxygens (including phenoxy) is 1. The fraction of sp³-hybridized carbons (Fsp3) is 0.417. The van der Waals surface area contributed by atoms with Crippen molar-refractivity contribution in [2.75, 3.05) is 0 Å². The second-order valence-corrected chi connectivity index (χ2v) is 3.82. The Balaban J connectivity index is 2.31. The summed E-state index contributed by atoms with van der Waals surface area (Å²) in [5.74, 6) is -0.272. The van der Waals surface area contributed by atoms with Crippen LogP contribution in [0.15, 0.2) is 24.3 Å². The number of carbonyl (C=O) groups is 1. The van der Waals surface area contributed by atoms with Crippen molar-refractivity contribution >= 4 is 5.97 Å². The molecule has 0 bridgehead atoms. The van der Waals surface area contributed by atoms with E-state index in [1.165, 1.54) is 6.92 Å². The van der Waals surface area contributed by atoms with Gasteiger partial charge in [-0.25, -0.2) is 0 Å². The number of aliphatic hydroxyl groups is 1. The molecule has 0 aromatic heterocycles. The highest BCUT2D eigenvalue weighted by Crippen LogP contribution is 2.37. The molecule has 1 aromatic rings. The highest BCUT2D eigenvalue weighted by atomic mass is 16.5. The van der Waals surface area contributed by atoms with E-state index in [4.69, 9.17) is 4.74 Å². The minimum absolute atomic E-state index is 0.193. The van der Waals surface area contributed by atoms with Crippen molar-refractivity contribution in [3.8, 4) is 0 Å². The Morgan fingerprint density at radius 1 is 1.33 bits per heavy atom. The Morgan fingerprint density at radius 3 is 2.67 bits per heavy atom. The normalized spacial score (nSPS) is 24.4. The summed E-state index contributed by atoms with van der Waals surface area (Å²) in [5.41, 5.74) is 1.82. The van der Waals surface area contributed by atoms with Crippen LogP contribution in [-0.4, -0.2) is 11.1 Å². The zero-order valence-electron chi connectivity index (χ0n) is 8.64. The second kappa shape index (κ2) is 4.03. The highest BCUT2D eigenvalue weighted by molar-refractivity contribution is 5.66. The first-order chi connectivity index (χ1) is 7.18. The van der Waals surface area contributed by atoms with Crippen molar-refractivity contribution in [2.45, 2.75) is 32.0 Å². The Morgan fingerprint density at radius 2 is 2.00 bits per heavy atom. The van der Waals surface area contributed by atoms with Crippen molar-refractivity contribution in [1.29, 1.82) is 0 Å². The molecule has 3 nitrogen and oxygen atoms in total. The number of aliphatic hydroxyl groups excluding tert-OH is 1. The van der Waals surface area contributed by atoms with Gasteiger partial charge in [0, 0.05) is 6.92 Å². The van der Waals surface area contributed by atoms with Gasteiger partial charge in [0.15, 0.2) is 0 Å². The molecule has 0 saturated carbocycles. The van der Waals surface area contributed by atoms with Crippen LogP contribution in [-0.2, 0) is 9.53 Å². The zero-order valence-corrected chi connectivity index (χ0v) is 8.64. The van der Waals surface area contributed by atoms with Crippen LogP contribution >= 0.6 is 0 Å². The zero-order chi connectivity index (χ0) is 10.8. The Bertz CT molecular complexity index is 373. The van der Waals surface area contributed by atoms with Crippen LogP contribution in [0.4, 0.5) is 0 Å². The minimum atomic E-state index is -0.423. The molecule has 1 aromatic carbocycles. The highest BCUT2D eigenvalue weighted by Gasteiger charge is 2.27. The van der Waals surface area contributed by atoms with E-state index in [1.54, 1.807) is 0 Å². The van der Waals surface area contributed by atoms with E-state index in [-0.39, 0.29) is 12.1 Å². The molecular weight excluding hydrogens is 192 g/mol. The Kier molecular flexibility index (Phi) is 2.73. The third-order valence-corrected chi connectivity index (χ3v) is 2.71. The summed E-state index contributed by atoms with van der Waals surface area (Å²) in [4.78, 5) is 10.9. The number of rotatable bonds is 1. The summed E-state index contributed by atoms with van der Waals surface area (Å²) in [5, 5.41) is 9.77. The first-order valence-corrected chi connectivity index (χ1v) is 5.12. The van der Waals surface area contributed by atoms with Gasteiger partial charge >= 0.3 is 5.97 Å². The van der Waals surface area contributed by atoms with E-state index in [2.05, 4.69) is 0 Å². The van der Waals surface area contributed by atoms with Gasteiger partial charge in [-0.05, 0) is 24.0 Å². The van der Waals surface area contributed by atoms with Gasteiger partial charge in [0.2, 0.25) is 0 Å². The lowest BCUT2D eigenvalue weighted by molar-refractivity contribution is -0.148. The smallest absolute Gasteiger partial charge is 0.303 e. The van der Waals surface area contributed by atoms with Crippen molar-refractivity contribution in [1.82, 2.24) is 0 Å². The Hall–Kier alpha value is -1.35. The number of hydrogen-bond donors (Lipinski definition) is 1. The summed E-state index contributed by atoms with van der Waals surface area (Å²) in [7, 11) is 0. The summed E-state index contributed by atoms with van der Waals surface area (Å²) in [6.45, 7) is 1.41. The second-order valence-electron chi connectivity index (χ2n) is 3.82. The van der Waals surface area contributed by atoms with Crippen LogP contribution in [0.1, 0.15) is 43.1 Å². The summed E-state index contributed by atoms with van der Waals surface area (Å²) < 4.78 is 5.22. The molecule has 80 valence electrons. The predicted molar refractivity (Wildman–Crippen MR) is 55.1 cm³/mol. The average Bonchev–Trinajstić information content (AvgIpc) is 2.22. The third-order valence-electron chi connectivity index (χ3n) is 2.71. The molecule has 1 N–H and O–H groups in total. The van der Waals surface area contributed by atoms with E-state index in [0.29, 0.717) is 12.8 Å². The number of esters is 1. The monoisotopic (exact) mass is 206 g/mol. The number of carbonyl (C=O) groups excluding carboxylic acids is 1. The third kappa shape index (κ3) is 2.02. The van der Waals surface area contributed by atoms with Crippen LogP contribution in [0.25, 0.3) is 0 Å². The lowest BCUT2D eigenvalue weighted by Crippen LogP contribution is -2.18. The van der Waals surface area contributed by atoms with Crippen molar-refractivity contribution in [3.05, 3.63) is 35.4 Å². The Labute approximate surface area is 88.7 Å². The molecule has 3 heteroatoms. The van der Waals surface area contributed by atoms with Crippen LogP contribution in [0, 0.1) is 0 Å². The number of benzene rings is 1. The molecule has 15 heavy (non-hydrogen) atoms. The summed E-state index contributed by atoms with van der Waals surface area (Å²) >= 11 is 0. The fourth-order valence-corrected chi connectivity index (χ4v) is 2.05. The van der Waals surface area contributed by atoms with Gasteiger partial charge in [-0.2, -0.15) is 0 Å². The van der Waals surface area contributed by atoms with Gasteiger partial charge in [-0.15, -0.1) is 0 Å². The number of fused-ring (bicyclic) bond motifs is 1. The number of hydrogen-bond acceptors (Lipinski definition) is 3. The van der Waals surface area contributed by atoms with E-state index in [9.17, 15) is 9.90 Å². The van der Waals surface area contributed by atoms with Crippen LogP contribution < -0.4 is 0 Å². The predicted octanol–water partition coefficient (Wildman–Crippen LogP) is 2.12. The summed E-state index contributed by atoms with van der Waals surface area (Å²) in [6, 6.07) is 7.58. The van der Waals surface area contributed by atoms with Gasteiger partial charge in [0.25, 0.3) is 0 Å². The largest absolute Gasteiger partial charge is 0.458 e. The first kappa shape index (κ1) is 10.2. The first-order valence-electron chi connectivity index (χ1n) is 5.12. The molecule has 0 fully saturated rings. The fourth-order valence-electron chi connectivity index (χ4n) is 2.05. The van der Waals surface area contributed by atoms with Crippen molar-refractivity contribution in [3.63, 3.8) is 0 Å². The molecule has 0 aliphatic heterocycles. The van der Waals surface area contributed by atoms with E-state index < -0.39 is 6.10 Å². The van der Waals surface area contributed by atoms with Crippen LogP contribution in [0.3, 0.4) is 0 Å². The maximum Gasteiger partial charge on any atom is 0.303 e. The van der Waals surface area contributed by atoms with Crippen LogP contribution in [0.5, 0.6) is 0 Å². The average molecular weight is 206 g/mol. The van der Waals surface area contributed by atoms with E-state index in [1.807, 2.05) is 24.3 Å². The molecule has 1 aliphatic carbocycles. The molecule has 0 amide bonds. The molecule has 0 radical (unpaired) electrons. The SMILES string of the molecule is CC(=O)O[C@@H]1CC[C@H](O)c2ccccc21. The van der Waals surface area contributed by atoms with Gasteiger partial charge < -0.3 is 9.84 Å². The van der Waals surface area contributed by atoms with E-state index in [0.717, 1.165) is 11.1 Å². The van der Waals surface area contributed by atoms with Gasteiger partial charge in [-0.3, -0.25) is 4.79 Å². The molecule has 2 rings (SSSR count). The van der Waals surface area contributed by atoms with Crippen LogP contribution in [0.2, 0.25) is 0 Å².